The van der Waals surface area contributed by atoms with Crippen molar-refractivity contribution in [3.63, 3.8) is 0 Å². The Hall–Kier alpha value is -0.830. The summed E-state index contributed by atoms with van der Waals surface area (Å²) in [5.41, 5.74) is -1.55. The van der Waals surface area contributed by atoms with E-state index in [1.165, 1.54) is 6.92 Å². The molecule has 0 saturated carbocycles. The first-order valence-electron chi connectivity index (χ1n) is 6.03. The predicted octanol–water partition coefficient (Wildman–Crippen LogP) is 1.90. The molecule has 1 saturated heterocycles. The number of alkyl halides is 2. The number of halogens is 2. The van der Waals surface area contributed by atoms with E-state index in [9.17, 15) is 24.6 Å². The molecule has 7 nitrogen and oxygen atoms in total. The van der Waals surface area contributed by atoms with E-state index in [0.29, 0.717) is 18.2 Å². The molecule has 0 bridgehead atoms. The van der Waals surface area contributed by atoms with Crippen molar-refractivity contribution in [2.45, 2.75) is 36.6 Å². The van der Waals surface area contributed by atoms with Crippen molar-refractivity contribution in [2.75, 3.05) is 11.9 Å². The van der Waals surface area contributed by atoms with Crippen molar-refractivity contribution in [2.24, 2.45) is 0 Å². The van der Waals surface area contributed by atoms with Gasteiger partial charge in [-0.1, -0.05) is 31.9 Å². The number of hydrogen-bond donors (Lipinski definition) is 2. The minimum Gasteiger partial charge on any atom is -0.479 e. The van der Waals surface area contributed by atoms with E-state index in [1.807, 2.05) is 0 Å². The Morgan fingerprint density at radius 3 is 2.40 bits per heavy atom. The second kappa shape index (κ2) is 6.75. The normalized spacial score (nSPS) is 24.4. The van der Waals surface area contributed by atoms with Gasteiger partial charge in [-0.2, -0.15) is 0 Å². The summed E-state index contributed by atoms with van der Waals surface area (Å²) in [4.78, 5) is 34.6. The molecule has 20 heavy (non-hydrogen) atoms. The Morgan fingerprint density at radius 1 is 1.35 bits per heavy atom. The molecule has 1 heterocycles. The van der Waals surface area contributed by atoms with Gasteiger partial charge >= 0.3 is 12.1 Å². The summed E-state index contributed by atoms with van der Waals surface area (Å²) >= 11 is 6.38. The monoisotopic (exact) mass is 414 g/mol. The van der Waals surface area contributed by atoms with Gasteiger partial charge in [0.15, 0.2) is 5.54 Å². The van der Waals surface area contributed by atoms with Gasteiger partial charge in [-0.25, -0.2) is 19.6 Å². The van der Waals surface area contributed by atoms with Gasteiger partial charge in [0.05, 0.1) is 4.83 Å². The largest absolute Gasteiger partial charge is 0.479 e. The van der Waals surface area contributed by atoms with Crippen molar-refractivity contribution in [3.8, 4) is 0 Å². The van der Waals surface area contributed by atoms with Crippen molar-refractivity contribution in [1.82, 2.24) is 10.0 Å². The van der Waals surface area contributed by atoms with Crippen LogP contribution in [0.2, 0.25) is 0 Å². The van der Waals surface area contributed by atoms with Crippen molar-refractivity contribution >= 4 is 49.8 Å². The number of hydrazine groups is 1. The van der Waals surface area contributed by atoms with Crippen LogP contribution in [-0.2, 0) is 9.59 Å². The van der Waals surface area contributed by atoms with Gasteiger partial charge in [0, 0.05) is 11.9 Å². The van der Waals surface area contributed by atoms with Crippen LogP contribution in [0.15, 0.2) is 0 Å². The minimum absolute atomic E-state index is 0.109. The van der Waals surface area contributed by atoms with Gasteiger partial charge in [0.25, 0.3) is 5.91 Å². The fraction of sp³-hybridized carbons (Fsp3) is 0.727. The molecule has 2 atom stereocenters. The summed E-state index contributed by atoms with van der Waals surface area (Å²) in [7, 11) is 0. The number of rotatable bonds is 4. The highest BCUT2D eigenvalue weighted by Gasteiger charge is 2.50. The summed E-state index contributed by atoms with van der Waals surface area (Å²) < 4.78 is 0. The van der Waals surface area contributed by atoms with Crippen LogP contribution < -0.4 is 0 Å². The van der Waals surface area contributed by atoms with Crippen molar-refractivity contribution in [1.29, 1.82) is 0 Å². The maximum Gasteiger partial charge on any atom is 0.426 e. The predicted molar refractivity (Wildman–Crippen MR) is 78.0 cm³/mol. The number of carbonyl (C=O) groups excluding carboxylic acids is 1. The summed E-state index contributed by atoms with van der Waals surface area (Å²) in [5, 5.41) is 20.8. The fourth-order valence-electron chi connectivity index (χ4n) is 2.14. The molecule has 0 aromatic heterocycles. The first-order chi connectivity index (χ1) is 9.25. The van der Waals surface area contributed by atoms with E-state index in [2.05, 4.69) is 31.9 Å². The lowest BCUT2D eigenvalue weighted by Crippen LogP contribution is -2.67. The third kappa shape index (κ3) is 3.25. The third-order valence-corrected chi connectivity index (χ3v) is 4.57. The van der Waals surface area contributed by atoms with E-state index >= 15 is 0 Å². The molecular formula is C11H16Br2N2O5. The molecule has 1 fully saturated rings. The Bertz CT molecular complexity index is 420. The van der Waals surface area contributed by atoms with Crippen LogP contribution in [0.4, 0.5) is 4.79 Å². The third-order valence-electron chi connectivity index (χ3n) is 3.26. The summed E-state index contributed by atoms with van der Waals surface area (Å²) in [6.45, 7) is 1.48. The molecule has 1 aliphatic heterocycles. The molecule has 0 aliphatic carbocycles. The molecule has 0 aromatic rings. The Labute approximate surface area is 133 Å². The molecule has 0 radical (unpaired) electrons. The van der Waals surface area contributed by atoms with Crippen LogP contribution in [0.25, 0.3) is 0 Å². The summed E-state index contributed by atoms with van der Waals surface area (Å²) in [6, 6.07) is 0. The van der Waals surface area contributed by atoms with E-state index in [0.717, 1.165) is 10.0 Å². The van der Waals surface area contributed by atoms with Crippen molar-refractivity contribution in [3.05, 3.63) is 0 Å². The zero-order chi connectivity index (χ0) is 15.5. The lowest BCUT2D eigenvalue weighted by atomic mass is 9.92. The number of nitrogens with zero attached hydrogens (tertiary/aromatic N) is 2. The van der Waals surface area contributed by atoms with E-state index in [4.69, 9.17) is 0 Å². The molecular weight excluding hydrogens is 400 g/mol. The van der Waals surface area contributed by atoms with E-state index in [1.54, 1.807) is 0 Å². The summed E-state index contributed by atoms with van der Waals surface area (Å²) in [5.74, 6) is -1.77. The van der Waals surface area contributed by atoms with Gasteiger partial charge < -0.3 is 10.2 Å². The fourth-order valence-corrected chi connectivity index (χ4v) is 3.63. The highest BCUT2D eigenvalue weighted by atomic mass is 79.9. The number of carboxylic acids is 1. The molecule has 1 aliphatic rings. The molecule has 2 N–H and O–H groups in total. The van der Waals surface area contributed by atoms with E-state index < -0.39 is 28.3 Å². The highest BCUT2D eigenvalue weighted by Crippen LogP contribution is 2.31. The van der Waals surface area contributed by atoms with Gasteiger partial charge in [0.1, 0.15) is 0 Å². The molecule has 9 heteroatoms. The second-order valence-corrected chi connectivity index (χ2v) is 6.58. The lowest BCUT2D eigenvalue weighted by molar-refractivity contribution is -0.183. The molecule has 2 amide bonds. The van der Waals surface area contributed by atoms with E-state index in [-0.39, 0.29) is 13.0 Å². The quantitative estimate of drug-likeness (QED) is 0.683. The number of amides is 2. The van der Waals surface area contributed by atoms with Crippen LogP contribution in [0, 0.1) is 0 Å². The molecule has 114 valence electrons. The average molecular weight is 416 g/mol. The zero-order valence-corrected chi connectivity index (χ0v) is 14.1. The maximum atomic E-state index is 12.4. The van der Waals surface area contributed by atoms with Gasteiger partial charge in [-0.3, -0.25) is 4.79 Å². The zero-order valence-electron chi connectivity index (χ0n) is 10.9. The van der Waals surface area contributed by atoms with Crippen LogP contribution in [-0.4, -0.2) is 60.4 Å². The van der Waals surface area contributed by atoms with Gasteiger partial charge in [-0.05, 0) is 26.2 Å². The number of aliphatic carboxylic acids is 1. The van der Waals surface area contributed by atoms with Crippen LogP contribution >= 0.6 is 31.9 Å². The average Bonchev–Trinajstić information content (AvgIpc) is 2.37. The Kier molecular flexibility index (Phi) is 5.81. The highest BCUT2D eigenvalue weighted by molar-refractivity contribution is 9.10. The van der Waals surface area contributed by atoms with Gasteiger partial charge in [0.2, 0.25) is 0 Å². The standard InChI is InChI=1S/C11H16Br2N2O5/c1-11(9(17)18)4-2-6-14(10(19)20)15(11)8(16)7(13)3-5-12/h7H,2-6H2,1H3,(H,17,18)(H,19,20). The van der Waals surface area contributed by atoms with Gasteiger partial charge in [-0.15, -0.1) is 0 Å². The maximum absolute atomic E-state index is 12.4. The van der Waals surface area contributed by atoms with Crippen LogP contribution in [0.1, 0.15) is 26.2 Å². The smallest absolute Gasteiger partial charge is 0.426 e. The number of carbonyl (C=O) groups is 3. The van der Waals surface area contributed by atoms with Crippen LogP contribution in [0.3, 0.4) is 0 Å². The lowest BCUT2D eigenvalue weighted by Gasteiger charge is -2.47. The summed E-state index contributed by atoms with van der Waals surface area (Å²) in [6.07, 6.45) is -0.293. The van der Waals surface area contributed by atoms with Crippen molar-refractivity contribution < 1.29 is 24.6 Å². The topological polar surface area (TPSA) is 98.2 Å². The molecule has 1 rings (SSSR count). The Balaban J connectivity index is 3.16. The second-order valence-electron chi connectivity index (χ2n) is 4.68. The first kappa shape index (κ1) is 17.2. The first-order valence-corrected chi connectivity index (χ1v) is 8.07. The SMILES string of the molecule is CC1(C(=O)O)CCCN(C(=O)O)N1C(=O)C(Br)CCBr. The Morgan fingerprint density at radius 2 is 1.95 bits per heavy atom. The number of hydrogen-bond acceptors (Lipinski definition) is 3. The molecule has 2 unspecified atom stereocenters. The van der Waals surface area contributed by atoms with Crippen LogP contribution in [0.5, 0.6) is 0 Å². The molecule has 0 aromatic carbocycles. The minimum atomic E-state index is -1.55. The molecule has 0 spiro atoms. The number of carboxylic acid groups (broad SMARTS) is 2.